The van der Waals surface area contributed by atoms with Crippen LogP contribution in [0.2, 0.25) is 0 Å². The van der Waals surface area contributed by atoms with Gasteiger partial charge in [0.15, 0.2) is 0 Å². The molecule has 1 heteroatoms. The summed E-state index contributed by atoms with van der Waals surface area (Å²) in [5.41, 5.74) is 5.40. The molecule has 0 atom stereocenters. The fraction of sp³-hybridized carbons (Fsp3) is 0.214. The van der Waals surface area contributed by atoms with Crippen molar-refractivity contribution in [2.75, 3.05) is 0 Å². The molecule has 0 aliphatic heterocycles. The Morgan fingerprint density at radius 2 is 2.40 bits per heavy atom. The predicted molar refractivity (Wildman–Crippen MR) is 70.9 cm³/mol. The van der Waals surface area contributed by atoms with Crippen molar-refractivity contribution in [1.29, 1.82) is 0 Å². The van der Waals surface area contributed by atoms with Crippen molar-refractivity contribution in [1.82, 2.24) is 0 Å². The van der Waals surface area contributed by atoms with E-state index in [4.69, 9.17) is 0 Å². The zero-order chi connectivity index (χ0) is 11.1. The Kier molecular flexibility index (Phi) is 5.17. The molecule has 78 valence electrons. The van der Waals surface area contributed by atoms with Crippen LogP contribution < -0.4 is 0 Å². The van der Waals surface area contributed by atoms with Gasteiger partial charge in [0.1, 0.15) is 0 Å². The van der Waals surface area contributed by atoms with E-state index in [9.17, 15) is 0 Å². The SMILES string of the molecule is C=C(/C=C(/Br)C=C=CC)C1=CC=CCC1. The van der Waals surface area contributed by atoms with E-state index in [1.165, 1.54) is 5.57 Å². The molecule has 0 unspecified atom stereocenters. The van der Waals surface area contributed by atoms with Gasteiger partial charge in [0.25, 0.3) is 0 Å². The third kappa shape index (κ3) is 4.33. The van der Waals surface area contributed by atoms with Gasteiger partial charge in [-0.15, -0.1) is 5.73 Å². The second kappa shape index (κ2) is 6.44. The van der Waals surface area contributed by atoms with Crippen molar-refractivity contribution >= 4 is 15.9 Å². The van der Waals surface area contributed by atoms with Gasteiger partial charge in [-0.2, -0.15) is 0 Å². The van der Waals surface area contributed by atoms with E-state index in [0.717, 1.165) is 22.9 Å². The van der Waals surface area contributed by atoms with Gasteiger partial charge < -0.3 is 0 Å². The van der Waals surface area contributed by atoms with E-state index in [-0.39, 0.29) is 0 Å². The lowest BCUT2D eigenvalue weighted by Gasteiger charge is -2.08. The average molecular weight is 263 g/mol. The van der Waals surface area contributed by atoms with Crippen LogP contribution in [0.4, 0.5) is 0 Å². The Balaban J connectivity index is 2.73. The lowest BCUT2D eigenvalue weighted by molar-refractivity contribution is 0.979. The van der Waals surface area contributed by atoms with E-state index in [1.807, 2.05) is 25.2 Å². The molecule has 0 nitrogen and oxygen atoms in total. The number of halogens is 1. The molecule has 0 aromatic heterocycles. The maximum absolute atomic E-state index is 4.06. The molecule has 0 heterocycles. The van der Waals surface area contributed by atoms with Crippen molar-refractivity contribution in [2.45, 2.75) is 19.8 Å². The van der Waals surface area contributed by atoms with Crippen LogP contribution in [-0.2, 0) is 0 Å². The predicted octanol–water partition coefficient (Wildman–Crippen LogP) is 4.83. The van der Waals surface area contributed by atoms with Crippen LogP contribution in [0.5, 0.6) is 0 Å². The van der Waals surface area contributed by atoms with Gasteiger partial charge in [-0.3, -0.25) is 0 Å². The van der Waals surface area contributed by atoms with Crippen LogP contribution in [0.3, 0.4) is 0 Å². The fourth-order valence-corrected chi connectivity index (χ4v) is 1.74. The van der Waals surface area contributed by atoms with E-state index in [0.29, 0.717) is 0 Å². The molecular formula is C14H15Br. The quantitative estimate of drug-likeness (QED) is 0.505. The van der Waals surface area contributed by atoms with Gasteiger partial charge in [-0.1, -0.05) is 40.7 Å². The summed E-state index contributed by atoms with van der Waals surface area (Å²) in [6.07, 6.45) is 14.4. The molecule has 0 aromatic carbocycles. The largest absolute Gasteiger partial charge is 0.124 e. The molecule has 1 aliphatic rings. The lowest BCUT2D eigenvalue weighted by Crippen LogP contribution is -1.89. The summed E-state index contributed by atoms with van der Waals surface area (Å²) >= 11 is 3.46. The Labute approximate surface area is 100 Å². The topological polar surface area (TPSA) is 0 Å². The highest BCUT2D eigenvalue weighted by Crippen LogP contribution is 2.22. The molecule has 0 saturated heterocycles. The molecular weight excluding hydrogens is 248 g/mol. The molecule has 0 fully saturated rings. The van der Waals surface area contributed by atoms with Crippen molar-refractivity contribution in [2.24, 2.45) is 0 Å². The van der Waals surface area contributed by atoms with Crippen LogP contribution in [0.25, 0.3) is 0 Å². The molecule has 0 bridgehead atoms. The Bertz CT molecular complexity index is 386. The van der Waals surface area contributed by atoms with Crippen LogP contribution in [0.15, 0.2) is 64.4 Å². The maximum Gasteiger partial charge on any atom is 0.0258 e. The minimum absolute atomic E-state index is 1.00. The van der Waals surface area contributed by atoms with Gasteiger partial charge in [0.2, 0.25) is 0 Å². The van der Waals surface area contributed by atoms with E-state index in [2.05, 4.69) is 46.5 Å². The first-order valence-electron chi connectivity index (χ1n) is 5.03. The van der Waals surface area contributed by atoms with Gasteiger partial charge in [-0.25, -0.2) is 0 Å². The zero-order valence-electron chi connectivity index (χ0n) is 8.96. The summed E-state index contributed by atoms with van der Waals surface area (Å²) in [6, 6.07) is 0. The molecule has 0 aromatic rings. The fourth-order valence-electron chi connectivity index (χ4n) is 1.33. The third-order valence-electron chi connectivity index (χ3n) is 2.13. The van der Waals surface area contributed by atoms with Crippen LogP contribution >= 0.6 is 15.9 Å². The van der Waals surface area contributed by atoms with Crippen molar-refractivity contribution in [3.05, 3.63) is 64.4 Å². The van der Waals surface area contributed by atoms with Crippen LogP contribution in [0.1, 0.15) is 19.8 Å². The van der Waals surface area contributed by atoms with Crippen LogP contribution in [0, 0.1) is 0 Å². The highest BCUT2D eigenvalue weighted by molar-refractivity contribution is 9.11. The molecule has 1 rings (SSSR count). The Hall–Kier alpha value is -1.04. The summed E-state index contributed by atoms with van der Waals surface area (Å²) in [6.45, 7) is 6.00. The van der Waals surface area contributed by atoms with Gasteiger partial charge in [0, 0.05) is 4.48 Å². The number of rotatable bonds is 3. The average Bonchev–Trinajstić information content (AvgIpc) is 2.27. The summed E-state index contributed by atoms with van der Waals surface area (Å²) in [4.78, 5) is 0. The first kappa shape index (κ1) is 12.0. The van der Waals surface area contributed by atoms with E-state index in [1.54, 1.807) is 0 Å². The second-order valence-corrected chi connectivity index (χ2v) is 4.23. The van der Waals surface area contributed by atoms with Crippen LogP contribution in [-0.4, -0.2) is 0 Å². The first-order valence-corrected chi connectivity index (χ1v) is 5.82. The van der Waals surface area contributed by atoms with Crippen molar-refractivity contribution < 1.29 is 0 Å². The number of hydrogen-bond acceptors (Lipinski definition) is 0. The summed E-state index contributed by atoms with van der Waals surface area (Å²) in [5, 5.41) is 0. The number of allylic oxidation sites excluding steroid dienone is 8. The molecule has 0 N–H and O–H groups in total. The summed E-state index contributed by atoms with van der Waals surface area (Å²) < 4.78 is 1.00. The minimum Gasteiger partial charge on any atom is -0.124 e. The highest BCUT2D eigenvalue weighted by atomic mass is 79.9. The molecule has 0 amide bonds. The standard InChI is InChI=1S/C14H15Br/c1-3-4-10-14(15)11-12(2)13-8-6-5-7-9-13/h3,5-6,8,10-11H,2,7,9H2,1H3/b14-11+. The van der Waals surface area contributed by atoms with Crippen molar-refractivity contribution in [3.63, 3.8) is 0 Å². The van der Waals surface area contributed by atoms with Gasteiger partial charge in [-0.05, 0) is 49.1 Å². The molecule has 0 radical (unpaired) electrons. The summed E-state index contributed by atoms with van der Waals surface area (Å²) in [5.74, 6) is 0. The smallest absolute Gasteiger partial charge is 0.0258 e. The third-order valence-corrected chi connectivity index (χ3v) is 2.58. The Morgan fingerprint density at radius 1 is 1.60 bits per heavy atom. The second-order valence-electron chi connectivity index (χ2n) is 3.31. The lowest BCUT2D eigenvalue weighted by atomic mass is 9.98. The molecule has 15 heavy (non-hydrogen) atoms. The first-order chi connectivity index (χ1) is 7.24. The molecule has 0 saturated carbocycles. The summed E-state index contributed by atoms with van der Waals surface area (Å²) in [7, 11) is 0. The highest BCUT2D eigenvalue weighted by Gasteiger charge is 2.01. The number of hydrogen-bond donors (Lipinski definition) is 0. The van der Waals surface area contributed by atoms with E-state index >= 15 is 0 Å². The molecule has 1 aliphatic carbocycles. The minimum atomic E-state index is 1.00. The normalized spacial score (nSPS) is 15.3. The van der Waals surface area contributed by atoms with Gasteiger partial charge >= 0.3 is 0 Å². The van der Waals surface area contributed by atoms with Crippen molar-refractivity contribution in [3.8, 4) is 0 Å². The Morgan fingerprint density at radius 3 is 3.00 bits per heavy atom. The molecule has 0 spiro atoms. The van der Waals surface area contributed by atoms with Gasteiger partial charge in [0.05, 0.1) is 0 Å². The van der Waals surface area contributed by atoms with E-state index < -0.39 is 0 Å². The maximum atomic E-state index is 4.06. The zero-order valence-corrected chi connectivity index (χ0v) is 10.5. The monoisotopic (exact) mass is 262 g/mol.